The Kier molecular flexibility index (Phi) is 4.28. The average molecular weight is 342 g/mol. The first-order valence-electron chi connectivity index (χ1n) is 8.88. The molecule has 2 unspecified atom stereocenters. The van der Waals surface area contributed by atoms with Crippen LogP contribution in [0.2, 0.25) is 0 Å². The van der Waals surface area contributed by atoms with Gasteiger partial charge in [-0.15, -0.1) is 0 Å². The third-order valence-electron chi connectivity index (χ3n) is 5.17. The van der Waals surface area contributed by atoms with Crippen LogP contribution in [0.5, 0.6) is 0 Å². The number of piperidine rings is 1. The topological polar surface area (TPSA) is 73.6 Å². The minimum atomic E-state index is -1.07. The Labute approximate surface area is 149 Å². The first-order chi connectivity index (χ1) is 11.6. The van der Waals surface area contributed by atoms with E-state index in [1.54, 1.807) is 4.90 Å². The van der Waals surface area contributed by atoms with Crippen LogP contribution in [0.4, 0.5) is 4.79 Å². The summed E-state index contributed by atoms with van der Waals surface area (Å²) < 4.78 is 5.55. The molecule has 2 aliphatic rings. The Morgan fingerprint density at radius 3 is 2.44 bits per heavy atom. The van der Waals surface area contributed by atoms with Crippen molar-refractivity contribution in [2.24, 2.45) is 0 Å². The zero-order valence-electron chi connectivity index (χ0n) is 15.4. The van der Waals surface area contributed by atoms with Crippen molar-refractivity contribution in [3.8, 4) is 6.07 Å². The summed E-state index contributed by atoms with van der Waals surface area (Å²) in [6.07, 6.45) is 2.31. The van der Waals surface area contributed by atoms with E-state index in [2.05, 4.69) is 6.07 Å². The molecule has 2 saturated heterocycles. The molecule has 2 bridgehead atoms. The molecule has 1 amide bonds. The van der Waals surface area contributed by atoms with Gasteiger partial charge >= 0.3 is 6.09 Å². The van der Waals surface area contributed by atoms with E-state index in [0.717, 1.165) is 18.4 Å². The number of hydrogen-bond acceptors (Lipinski definition) is 4. The Balaban J connectivity index is 1.86. The molecule has 0 radical (unpaired) electrons. The molecule has 25 heavy (non-hydrogen) atoms. The number of carbonyl (C=O) groups is 1. The smallest absolute Gasteiger partial charge is 0.410 e. The lowest BCUT2D eigenvalue weighted by molar-refractivity contribution is -0.0625. The number of nitrogens with zero attached hydrogens (tertiary/aromatic N) is 2. The molecule has 1 N–H and O–H groups in total. The summed E-state index contributed by atoms with van der Waals surface area (Å²) in [4.78, 5) is 14.4. The Morgan fingerprint density at radius 1 is 1.32 bits per heavy atom. The standard InChI is InChI=1S/C20H26N2O3/c1-13-5-8-17(14(9-13)12-21)20(24)10-15-6-7-16(11-20)22(15)18(23)25-19(2,3)4/h5,8-9,15-16,24H,6-7,10-11H2,1-4H3. The van der Waals surface area contributed by atoms with Crippen LogP contribution in [0.3, 0.4) is 0 Å². The summed E-state index contributed by atoms with van der Waals surface area (Å²) in [5, 5.41) is 20.8. The highest BCUT2D eigenvalue weighted by Gasteiger charge is 2.51. The van der Waals surface area contributed by atoms with Crippen LogP contribution >= 0.6 is 0 Å². The molecule has 5 heteroatoms. The predicted molar refractivity (Wildman–Crippen MR) is 93.9 cm³/mol. The van der Waals surface area contributed by atoms with Gasteiger partial charge in [-0.3, -0.25) is 0 Å². The van der Waals surface area contributed by atoms with E-state index in [-0.39, 0.29) is 18.2 Å². The largest absolute Gasteiger partial charge is 0.444 e. The van der Waals surface area contributed by atoms with Crippen molar-refractivity contribution in [1.82, 2.24) is 4.90 Å². The summed E-state index contributed by atoms with van der Waals surface area (Å²) in [6, 6.07) is 7.71. The number of fused-ring (bicyclic) bond motifs is 2. The Bertz CT molecular complexity index is 715. The molecule has 2 fully saturated rings. The van der Waals surface area contributed by atoms with E-state index in [1.807, 2.05) is 45.9 Å². The van der Waals surface area contributed by atoms with Gasteiger partial charge in [-0.05, 0) is 52.2 Å². The van der Waals surface area contributed by atoms with Gasteiger partial charge in [0, 0.05) is 30.5 Å². The van der Waals surface area contributed by atoms with E-state index in [9.17, 15) is 15.2 Å². The maximum atomic E-state index is 12.6. The molecule has 0 spiro atoms. The second kappa shape index (κ2) is 6.03. The van der Waals surface area contributed by atoms with Crippen LogP contribution in [0, 0.1) is 18.3 Å². The van der Waals surface area contributed by atoms with Gasteiger partial charge in [0.25, 0.3) is 0 Å². The maximum absolute atomic E-state index is 12.6. The third-order valence-corrected chi connectivity index (χ3v) is 5.17. The predicted octanol–water partition coefficient (Wildman–Crippen LogP) is 3.62. The molecule has 2 heterocycles. The fraction of sp³-hybridized carbons (Fsp3) is 0.600. The van der Waals surface area contributed by atoms with Gasteiger partial charge in [0.1, 0.15) is 5.60 Å². The van der Waals surface area contributed by atoms with E-state index < -0.39 is 11.2 Å². The summed E-state index contributed by atoms with van der Waals surface area (Å²) in [7, 11) is 0. The zero-order valence-corrected chi connectivity index (χ0v) is 15.4. The number of benzene rings is 1. The van der Waals surface area contributed by atoms with Crippen molar-refractivity contribution >= 4 is 6.09 Å². The zero-order chi connectivity index (χ0) is 18.4. The molecule has 134 valence electrons. The van der Waals surface area contributed by atoms with Crippen molar-refractivity contribution in [2.45, 2.75) is 76.7 Å². The van der Waals surface area contributed by atoms with E-state index in [4.69, 9.17) is 4.74 Å². The van der Waals surface area contributed by atoms with Gasteiger partial charge < -0.3 is 14.7 Å². The van der Waals surface area contributed by atoms with Crippen LogP contribution in [0.1, 0.15) is 63.1 Å². The first-order valence-corrected chi connectivity index (χ1v) is 8.88. The fourth-order valence-corrected chi connectivity index (χ4v) is 4.21. The van der Waals surface area contributed by atoms with Gasteiger partial charge in [-0.25, -0.2) is 4.79 Å². The number of nitriles is 1. The second-order valence-electron chi connectivity index (χ2n) is 8.37. The lowest BCUT2D eigenvalue weighted by Gasteiger charge is -2.44. The van der Waals surface area contributed by atoms with Crippen LogP contribution in [-0.4, -0.2) is 33.8 Å². The van der Waals surface area contributed by atoms with Crippen molar-refractivity contribution in [1.29, 1.82) is 5.26 Å². The van der Waals surface area contributed by atoms with Gasteiger partial charge in [-0.2, -0.15) is 5.26 Å². The van der Waals surface area contributed by atoms with Gasteiger partial charge in [0.05, 0.1) is 17.2 Å². The van der Waals surface area contributed by atoms with Crippen molar-refractivity contribution in [3.63, 3.8) is 0 Å². The Hall–Kier alpha value is -2.06. The summed E-state index contributed by atoms with van der Waals surface area (Å²) in [5.74, 6) is 0. The molecule has 2 aliphatic heterocycles. The first kappa shape index (κ1) is 17.8. The van der Waals surface area contributed by atoms with Crippen molar-refractivity contribution in [3.05, 3.63) is 34.9 Å². The number of carbonyl (C=O) groups excluding carboxylic acids is 1. The molecular formula is C20H26N2O3. The molecule has 5 nitrogen and oxygen atoms in total. The highest BCUT2D eigenvalue weighted by molar-refractivity contribution is 5.70. The summed E-state index contributed by atoms with van der Waals surface area (Å²) >= 11 is 0. The van der Waals surface area contributed by atoms with Crippen molar-refractivity contribution in [2.75, 3.05) is 0 Å². The van der Waals surface area contributed by atoms with Crippen LogP contribution in [-0.2, 0) is 10.3 Å². The van der Waals surface area contributed by atoms with Crippen LogP contribution in [0.15, 0.2) is 18.2 Å². The van der Waals surface area contributed by atoms with E-state index in [0.29, 0.717) is 24.0 Å². The highest BCUT2D eigenvalue weighted by Crippen LogP contribution is 2.47. The molecule has 0 aromatic heterocycles. The minimum Gasteiger partial charge on any atom is -0.444 e. The second-order valence-corrected chi connectivity index (χ2v) is 8.37. The molecule has 0 aliphatic carbocycles. The molecular weight excluding hydrogens is 316 g/mol. The lowest BCUT2D eigenvalue weighted by atomic mass is 9.78. The quantitative estimate of drug-likeness (QED) is 0.846. The molecule has 1 aromatic carbocycles. The van der Waals surface area contributed by atoms with Crippen molar-refractivity contribution < 1.29 is 14.6 Å². The maximum Gasteiger partial charge on any atom is 0.410 e. The van der Waals surface area contributed by atoms with Gasteiger partial charge in [0.15, 0.2) is 0 Å². The number of rotatable bonds is 1. The summed E-state index contributed by atoms with van der Waals surface area (Å²) in [5.41, 5.74) is 0.602. The lowest BCUT2D eigenvalue weighted by Crippen LogP contribution is -2.53. The van der Waals surface area contributed by atoms with Crippen LogP contribution < -0.4 is 0 Å². The molecule has 0 saturated carbocycles. The average Bonchev–Trinajstić information content (AvgIpc) is 2.78. The van der Waals surface area contributed by atoms with Gasteiger partial charge in [-0.1, -0.05) is 12.1 Å². The number of aryl methyl sites for hydroxylation is 1. The van der Waals surface area contributed by atoms with E-state index in [1.165, 1.54) is 0 Å². The SMILES string of the molecule is Cc1ccc(C2(O)CC3CCC(C2)N3C(=O)OC(C)(C)C)c(C#N)c1. The van der Waals surface area contributed by atoms with Gasteiger partial charge in [0.2, 0.25) is 0 Å². The monoisotopic (exact) mass is 342 g/mol. The van der Waals surface area contributed by atoms with Crippen LogP contribution in [0.25, 0.3) is 0 Å². The third kappa shape index (κ3) is 3.36. The minimum absolute atomic E-state index is 0.0496. The molecule has 1 aromatic rings. The molecule has 2 atom stereocenters. The number of aliphatic hydroxyl groups is 1. The number of ether oxygens (including phenoxy) is 1. The Morgan fingerprint density at radius 2 is 1.92 bits per heavy atom. The summed E-state index contributed by atoms with van der Waals surface area (Å²) in [6.45, 7) is 7.51. The van der Waals surface area contributed by atoms with E-state index >= 15 is 0 Å². The number of amides is 1. The highest BCUT2D eigenvalue weighted by atomic mass is 16.6. The molecule has 3 rings (SSSR count). The fourth-order valence-electron chi connectivity index (χ4n) is 4.21. The number of hydrogen-bond donors (Lipinski definition) is 1. The normalized spacial score (nSPS) is 28.6.